The van der Waals surface area contributed by atoms with Gasteiger partial charge in [0.2, 0.25) is 5.91 Å². The fourth-order valence-corrected chi connectivity index (χ4v) is 2.86. The number of rotatable bonds is 7. The van der Waals surface area contributed by atoms with E-state index < -0.39 is 0 Å². The third-order valence-corrected chi connectivity index (χ3v) is 4.25. The number of methoxy groups -OCH3 is 1. The monoisotopic (exact) mass is 358 g/mol. The number of nitrogens with one attached hydrogen (secondary N) is 1. The molecule has 2 aromatic heterocycles. The fourth-order valence-electron chi connectivity index (χ4n) is 2.66. The van der Waals surface area contributed by atoms with Crippen LogP contribution in [0.15, 0.2) is 43.1 Å². The van der Waals surface area contributed by atoms with E-state index >= 15 is 0 Å². The summed E-state index contributed by atoms with van der Waals surface area (Å²) in [5.74, 6) is 0.583. The average molecular weight is 359 g/mol. The number of halogens is 1. The van der Waals surface area contributed by atoms with Gasteiger partial charge >= 0.3 is 0 Å². The van der Waals surface area contributed by atoms with Gasteiger partial charge in [0, 0.05) is 48.7 Å². The number of aryl methyl sites for hydroxylation is 1. The molecule has 0 saturated carbocycles. The molecule has 7 heteroatoms. The lowest BCUT2D eigenvalue weighted by Gasteiger charge is -2.11. The van der Waals surface area contributed by atoms with Gasteiger partial charge in [-0.1, -0.05) is 11.6 Å². The standard InChI is InChI=1S/C18H19ClN4O2/c1-25-17-11-16-14(15(19)3-5-21-16)9-13(17)10-18(24)22-4-2-7-23-8-6-20-12-23/h3,5-6,8-9,11-12H,2,4,7,10H2,1H3,(H,22,24). The molecule has 0 bridgehead atoms. The number of ether oxygens (including phenoxy) is 1. The molecule has 0 spiro atoms. The van der Waals surface area contributed by atoms with Crippen molar-refractivity contribution in [3.8, 4) is 5.75 Å². The van der Waals surface area contributed by atoms with E-state index in [-0.39, 0.29) is 12.3 Å². The molecule has 0 aliphatic carbocycles. The number of pyridine rings is 1. The van der Waals surface area contributed by atoms with Crippen LogP contribution in [0, 0.1) is 0 Å². The molecule has 3 aromatic rings. The lowest BCUT2D eigenvalue weighted by molar-refractivity contribution is -0.120. The van der Waals surface area contributed by atoms with Crippen LogP contribution in [0.2, 0.25) is 5.02 Å². The maximum atomic E-state index is 12.2. The van der Waals surface area contributed by atoms with Crippen LogP contribution in [-0.2, 0) is 17.8 Å². The Bertz CT molecular complexity index is 865. The van der Waals surface area contributed by atoms with Gasteiger partial charge in [-0.25, -0.2) is 4.98 Å². The molecule has 130 valence electrons. The van der Waals surface area contributed by atoms with Crippen LogP contribution < -0.4 is 10.1 Å². The van der Waals surface area contributed by atoms with E-state index in [4.69, 9.17) is 16.3 Å². The van der Waals surface area contributed by atoms with Gasteiger partial charge in [0.15, 0.2) is 0 Å². The van der Waals surface area contributed by atoms with E-state index in [1.807, 2.05) is 22.9 Å². The molecule has 25 heavy (non-hydrogen) atoms. The summed E-state index contributed by atoms with van der Waals surface area (Å²) in [6.07, 6.45) is 8.13. The second-order valence-electron chi connectivity index (χ2n) is 5.65. The van der Waals surface area contributed by atoms with E-state index in [0.717, 1.165) is 29.4 Å². The van der Waals surface area contributed by atoms with E-state index in [0.29, 0.717) is 17.3 Å². The van der Waals surface area contributed by atoms with Crippen molar-refractivity contribution in [3.63, 3.8) is 0 Å². The first-order valence-corrected chi connectivity index (χ1v) is 8.38. The number of imidazole rings is 1. The highest BCUT2D eigenvalue weighted by Gasteiger charge is 2.12. The van der Waals surface area contributed by atoms with Crippen molar-refractivity contribution in [2.75, 3.05) is 13.7 Å². The zero-order chi connectivity index (χ0) is 17.6. The highest BCUT2D eigenvalue weighted by atomic mass is 35.5. The van der Waals surface area contributed by atoms with Gasteiger partial charge < -0.3 is 14.6 Å². The molecule has 0 unspecified atom stereocenters. The van der Waals surface area contributed by atoms with Crippen molar-refractivity contribution >= 4 is 28.4 Å². The molecule has 1 aromatic carbocycles. The Kier molecular flexibility index (Phi) is 5.50. The molecular formula is C18H19ClN4O2. The molecule has 6 nitrogen and oxygen atoms in total. The summed E-state index contributed by atoms with van der Waals surface area (Å²) in [4.78, 5) is 20.5. The lowest BCUT2D eigenvalue weighted by Crippen LogP contribution is -2.27. The summed E-state index contributed by atoms with van der Waals surface area (Å²) < 4.78 is 7.38. The number of amides is 1. The maximum Gasteiger partial charge on any atom is 0.224 e. The second kappa shape index (κ2) is 7.98. The normalized spacial score (nSPS) is 10.8. The molecular weight excluding hydrogens is 340 g/mol. The summed E-state index contributed by atoms with van der Waals surface area (Å²) in [5.41, 5.74) is 1.53. The minimum atomic E-state index is -0.0525. The molecule has 0 atom stereocenters. The van der Waals surface area contributed by atoms with Crippen LogP contribution >= 0.6 is 11.6 Å². The van der Waals surface area contributed by atoms with Crippen LogP contribution in [0.4, 0.5) is 0 Å². The van der Waals surface area contributed by atoms with Crippen molar-refractivity contribution in [3.05, 3.63) is 53.7 Å². The number of hydrogen-bond donors (Lipinski definition) is 1. The Morgan fingerprint density at radius 3 is 3.00 bits per heavy atom. The Labute approximate surface area is 150 Å². The second-order valence-corrected chi connectivity index (χ2v) is 6.06. The van der Waals surface area contributed by atoms with E-state index in [9.17, 15) is 4.79 Å². The van der Waals surface area contributed by atoms with Gasteiger partial charge in [0.1, 0.15) is 5.75 Å². The number of hydrogen-bond acceptors (Lipinski definition) is 4. The van der Waals surface area contributed by atoms with Gasteiger partial charge in [0.05, 0.1) is 30.4 Å². The first-order chi connectivity index (χ1) is 12.2. The van der Waals surface area contributed by atoms with Crippen molar-refractivity contribution in [2.24, 2.45) is 0 Å². The summed E-state index contributed by atoms with van der Waals surface area (Å²) in [5, 5.41) is 4.35. The number of nitrogens with zero attached hydrogens (tertiary/aromatic N) is 3. The van der Waals surface area contributed by atoms with Crippen molar-refractivity contribution in [1.29, 1.82) is 0 Å². The third kappa shape index (κ3) is 4.28. The highest BCUT2D eigenvalue weighted by molar-refractivity contribution is 6.35. The predicted octanol–water partition coefficient (Wildman–Crippen LogP) is 2.84. The smallest absolute Gasteiger partial charge is 0.224 e. The van der Waals surface area contributed by atoms with Gasteiger partial charge in [-0.3, -0.25) is 9.78 Å². The topological polar surface area (TPSA) is 69.0 Å². The molecule has 0 radical (unpaired) electrons. The molecule has 0 saturated heterocycles. The molecule has 0 aliphatic heterocycles. The SMILES string of the molecule is COc1cc2nccc(Cl)c2cc1CC(=O)NCCCn1ccnc1. The van der Waals surface area contributed by atoms with E-state index in [1.54, 1.807) is 31.9 Å². The summed E-state index contributed by atoms with van der Waals surface area (Å²) in [6, 6.07) is 5.41. The number of aromatic nitrogens is 3. The quantitative estimate of drug-likeness (QED) is 0.659. The molecule has 1 amide bonds. The Balaban J connectivity index is 1.62. The minimum absolute atomic E-state index is 0.0525. The number of carbonyl (C=O) groups excluding carboxylic acids is 1. The van der Waals surface area contributed by atoms with E-state index in [2.05, 4.69) is 15.3 Å². The summed E-state index contributed by atoms with van der Waals surface area (Å²) in [7, 11) is 1.58. The molecule has 0 aliphatic rings. The fraction of sp³-hybridized carbons (Fsp3) is 0.278. The highest BCUT2D eigenvalue weighted by Crippen LogP contribution is 2.29. The first kappa shape index (κ1) is 17.2. The Morgan fingerprint density at radius 1 is 1.36 bits per heavy atom. The van der Waals surface area contributed by atoms with Crippen LogP contribution in [0.1, 0.15) is 12.0 Å². The zero-order valence-electron chi connectivity index (χ0n) is 13.9. The molecule has 1 N–H and O–H groups in total. The van der Waals surface area contributed by atoms with Gasteiger partial charge in [-0.15, -0.1) is 0 Å². The van der Waals surface area contributed by atoms with Gasteiger partial charge in [-0.2, -0.15) is 0 Å². The average Bonchev–Trinajstić information content (AvgIpc) is 3.12. The van der Waals surface area contributed by atoms with Crippen molar-refractivity contribution in [2.45, 2.75) is 19.4 Å². The molecule has 0 fully saturated rings. The Hall–Kier alpha value is -2.60. The number of fused-ring (bicyclic) bond motifs is 1. The molecule has 2 heterocycles. The van der Waals surface area contributed by atoms with Crippen LogP contribution in [-0.4, -0.2) is 34.1 Å². The Morgan fingerprint density at radius 2 is 2.24 bits per heavy atom. The minimum Gasteiger partial charge on any atom is -0.496 e. The first-order valence-electron chi connectivity index (χ1n) is 8.01. The summed E-state index contributed by atoms with van der Waals surface area (Å²) >= 11 is 6.22. The largest absolute Gasteiger partial charge is 0.496 e. The number of benzene rings is 1. The van der Waals surface area contributed by atoms with Crippen LogP contribution in [0.5, 0.6) is 5.75 Å². The van der Waals surface area contributed by atoms with E-state index in [1.165, 1.54) is 0 Å². The van der Waals surface area contributed by atoms with Gasteiger partial charge in [-0.05, 0) is 18.6 Å². The summed E-state index contributed by atoms with van der Waals surface area (Å²) in [6.45, 7) is 1.43. The van der Waals surface area contributed by atoms with Crippen LogP contribution in [0.25, 0.3) is 10.9 Å². The van der Waals surface area contributed by atoms with Crippen molar-refractivity contribution in [1.82, 2.24) is 19.9 Å². The van der Waals surface area contributed by atoms with Crippen molar-refractivity contribution < 1.29 is 9.53 Å². The maximum absolute atomic E-state index is 12.2. The van der Waals surface area contributed by atoms with Crippen LogP contribution in [0.3, 0.4) is 0 Å². The predicted molar refractivity (Wildman–Crippen MR) is 96.9 cm³/mol. The third-order valence-electron chi connectivity index (χ3n) is 3.92. The zero-order valence-corrected chi connectivity index (χ0v) is 14.7. The molecule has 3 rings (SSSR count). The van der Waals surface area contributed by atoms with Gasteiger partial charge in [0.25, 0.3) is 0 Å². The number of carbonyl (C=O) groups is 1. The lowest BCUT2D eigenvalue weighted by atomic mass is 10.1.